The minimum absolute atomic E-state index is 0.0125. The monoisotopic (exact) mass is 797 g/mol. The van der Waals surface area contributed by atoms with Gasteiger partial charge in [-0.2, -0.15) is 0 Å². The minimum atomic E-state index is 0.0125. The van der Waals surface area contributed by atoms with Gasteiger partial charge in [-0.1, -0.05) is 190 Å². The number of para-hydroxylation sites is 1. The Morgan fingerprint density at radius 3 is 1.50 bits per heavy atom. The van der Waals surface area contributed by atoms with Crippen LogP contribution in [0.4, 0.5) is 17.1 Å². The van der Waals surface area contributed by atoms with Crippen LogP contribution in [0, 0.1) is 0 Å². The van der Waals surface area contributed by atoms with Gasteiger partial charge in [-0.05, 0) is 114 Å². The minimum Gasteiger partial charge on any atom is -0.310 e. The third-order valence-electron chi connectivity index (χ3n) is 12.1. The normalized spacial score (nSPS) is 12.4. The van der Waals surface area contributed by atoms with Crippen LogP contribution < -0.4 is 4.90 Å². The zero-order valence-electron chi connectivity index (χ0n) is 36.5. The van der Waals surface area contributed by atoms with Gasteiger partial charge in [-0.25, -0.2) is 0 Å². The second-order valence-electron chi connectivity index (χ2n) is 19.5. The Morgan fingerprint density at radius 2 is 0.867 bits per heavy atom. The third-order valence-corrected chi connectivity index (χ3v) is 13.3. The summed E-state index contributed by atoms with van der Waals surface area (Å²) in [5.74, 6) is 0. The van der Waals surface area contributed by atoms with Gasteiger partial charge in [0.15, 0.2) is 0 Å². The molecule has 298 valence electrons. The first kappa shape index (κ1) is 39.5. The fourth-order valence-corrected chi connectivity index (χ4v) is 9.83. The van der Waals surface area contributed by atoms with E-state index in [0.29, 0.717) is 0 Å². The Hall–Kier alpha value is -5.96. The van der Waals surface area contributed by atoms with E-state index in [-0.39, 0.29) is 16.2 Å². The van der Waals surface area contributed by atoms with Gasteiger partial charge in [-0.3, -0.25) is 0 Å². The molecule has 9 aromatic rings. The lowest BCUT2D eigenvalue weighted by Gasteiger charge is -2.29. The number of fused-ring (bicyclic) bond motifs is 4. The fourth-order valence-electron chi connectivity index (χ4n) is 8.69. The molecule has 0 saturated heterocycles. The van der Waals surface area contributed by atoms with Crippen molar-refractivity contribution < 1.29 is 0 Å². The Morgan fingerprint density at radius 1 is 0.367 bits per heavy atom. The molecule has 0 radical (unpaired) electrons. The summed E-state index contributed by atoms with van der Waals surface area (Å²) in [6.07, 6.45) is 0. The Labute approximate surface area is 361 Å². The molecule has 60 heavy (non-hydrogen) atoms. The molecular weight excluding hydrogens is 743 g/mol. The van der Waals surface area contributed by atoms with Gasteiger partial charge in [-0.15, -0.1) is 11.3 Å². The number of rotatable bonds is 6. The van der Waals surface area contributed by atoms with E-state index in [2.05, 4.69) is 237 Å². The van der Waals surface area contributed by atoms with Crippen molar-refractivity contribution >= 4 is 59.3 Å². The van der Waals surface area contributed by atoms with Crippen LogP contribution in [0.1, 0.15) is 79.0 Å². The van der Waals surface area contributed by atoms with Crippen LogP contribution in [0.5, 0.6) is 0 Å². The summed E-state index contributed by atoms with van der Waals surface area (Å²) >= 11 is 1.87. The first-order valence-corrected chi connectivity index (χ1v) is 22.2. The van der Waals surface area contributed by atoms with Crippen LogP contribution in [0.3, 0.4) is 0 Å². The third kappa shape index (κ3) is 7.33. The Balaban J connectivity index is 1.24. The van der Waals surface area contributed by atoms with Crippen molar-refractivity contribution in [3.63, 3.8) is 0 Å². The first-order chi connectivity index (χ1) is 28.6. The van der Waals surface area contributed by atoms with E-state index in [4.69, 9.17) is 0 Å². The Kier molecular flexibility index (Phi) is 9.84. The molecule has 0 saturated carbocycles. The highest BCUT2D eigenvalue weighted by Gasteiger charge is 2.24. The second-order valence-corrected chi connectivity index (χ2v) is 20.6. The van der Waals surface area contributed by atoms with Crippen LogP contribution in [0.15, 0.2) is 170 Å². The van der Waals surface area contributed by atoms with Gasteiger partial charge < -0.3 is 4.90 Å². The van der Waals surface area contributed by atoms with Crippen molar-refractivity contribution in [2.75, 3.05) is 4.90 Å². The molecule has 0 bridgehead atoms. The fraction of sp³-hybridized carbons (Fsp3) is 0.207. The van der Waals surface area contributed by atoms with Crippen LogP contribution >= 0.6 is 11.3 Å². The number of anilines is 3. The summed E-state index contributed by atoms with van der Waals surface area (Å²) in [6, 6.07) is 63.8. The van der Waals surface area contributed by atoms with E-state index in [1.54, 1.807) is 0 Å². The molecule has 8 aromatic carbocycles. The van der Waals surface area contributed by atoms with Crippen molar-refractivity contribution in [2.45, 2.75) is 78.6 Å². The van der Waals surface area contributed by atoms with Crippen molar-refractivity contribution in [3.8, 4) is 33.4 Å². The highest BCUT2D eigenvalue weighted by Crippen LogP contribution is 2.47. The zero-order valence-corrected chi connectivity index (χ0v) is 37.3. The van der Waals surface area contributed by atoms with Crippen LogP contribution in [0.2, 0.25) is 0 Å². The lowest BCUT2D eigenvalue weighted by Crippen LogP contribution is -2.16. The zero-order chi connectivity index (χ0) is 42.0. The summed E-state index contributed by atoms with van der Waals surface area (Å²) in [7, 11) is 0. The lowest BCUT2D eigenvalue weighted by molar-refractivity contribution is 0.569. The van der Waals surface area contributed by atoms with Gasteiger partial charge in [0.25, 0.3) is 0 Å². The van der Waals surface area contributed by atoms with Crippen molar-refractivity contribution in [3.05, 3.63) is 187 Å². The van der Waals surface area contributed by atoms with Gasteiger partial charge >= 0.3 is 0 Å². The van der Waals surface area contributed by atoms with Crippen LogP contribution in [-0.4, -0.2) is 0 Å². The molecule has 0 amide bonds. The van der Waals surface area contributed by atoms with E-state index in [1.165, 1.54) is 81.0 Å². The topological polar surface area (TPSA) is 3.24 Å². The molecule has 1 heterocycles. The quantitative estimate of drug-likeness (QED) is 0.162. The Bertz CT molecular complexity index is 2980. The van der Waals surface area contributed by atoms with E-state index in [1.807, 2.05) is 11.3 Å². The molecule has 2 heteroatoms. The van der Waals surface area contributed by atoms with E-state index in [0.717, 1.165) is 17.1 Å². The molecule has 0 N–H and O–H groups in total. The predicted molar refractivity (Wildman–Crippen MR) is 264 cm³/mol. The average molecular weight is 798 g/mol. The smallest absolute Gasteiger partial charge is 0.0540 e. The predicted octanol–water partition coefficient (Wildman–Crippen LogP) is 17.6. The maximum absolute atomic E-state index is 2.45. The molecule has 0 fully saturated rings. The number of hydrogen-bond acceptors (Lipinski definition) is 2. The van der Waals surface area contributed by atoms with Crippen LogP contribution in [-0.2, 0) is 16.2 Å². The highest BCUT2D eigenvalue weighted by atomic mass is 32.1. The standard InChI is InChI=1S/C58H55NS/c1-56(2,3)41-29-33-45(34-30-41)59(44-31-27-38(28-32-44)46-22-16-26-53-55(46)50-20-11-13-25-52(50)60-53)51-24-12-10-19-48(51)49-23-15-18-39-17-14-21-47(54(39)49)40-35-42(57(4,5)6)37-43(36-40)58(7,8)9/h10-37H,1-9H3. The lowest BCUT2D eigenvalue weighted by atomic mass is 9.78. The molecule has 0 aliphatic rings. The summed E-state index contributed by atoms with van der Waals surface area (Å²) in [6.45, 7) is 20.8. The average Bonchev–Trinajstić information content (AvgIpc) is 3.62. The van der Waals surface area contributed by atoms with E-state index >= 15 is 0 Å². The van der Waals surface area contributed by atoms with E-state index in [9.17, 15) is 0 Å². The molecule has 0 unspecified atom stereocenters. The summed E-state index contributed by atoms with van der Waals surface area (Å²) < 4.78 is 2.65. The van der Waals surface area contributed by atoms with Crippen molar-refractivity contribution in [1.29, 1.82) is 0 Å². The number of thiophene rings is 1. The van der Waals surface area contributed by atoms with Gasteiger partial charge in [0.2, 0.25) is 0 Å². The molecule has 0 atom stereocenters. The number of nitrogens with zero attached hydrogens (tertiary/aromatic N) is 1. The maximum atomic E-state index is 2.45. The second kappa shape index (κ2) is 14.9. The van der Waals surface area contributed by atoms with E-state index < -0.39 is 0 Å². The molecule has 0 spiro atoms. The van der Waals surface area contributed by atoms with Gasteiger partial charge in [0, 0.05) is 37.1 Å². The first-order valence-electron chi connectivity index (χ1n) is 21.3. The molecular formula is C58H55NS. The molecule has 1 nitrogen and oxygen atoms in total. The van der Waals surface area contributed by atoms with Crippen LogP contribution in [0.25, 0.3) is 64.3 Å². The van der Waals surface area contributed by atoms with Crippen molar-refractivity contribution in [2.24, 2.45) is 0 Å². The largest absolute Gasteiger partial charge is 0.310 e. The molecule has 0 aliphatic carbocycles. The molecule has 9 rings (SSSR count). The number of hydrogen-bond donors (Lipinski definition) is 0. The van der Waals surface area contributed by atoms with Gasteiger partial charge in [0.1, 0.15) is 0 Å². The SMILES string of the molecule is CC(C)(C)c1ccc(N(c2ccc(-c3cccc4sc5ccccc5c34)cc2)c2ccccc2-c2cccc3cccc(-c4cc(C(C)(C)C)cc(C(C)(C)C)c4)c23)cc1. The molecule has 1 aromatic heterocycles. The maximum Gasteiger partial charge on any atom is 0.0540 e. The summed E-state index contributed by atoms with van der Waals surface area (Å²) in [4.78, 5) is 2.45. The highest BCUT2D eigenvalue weighted by molar-refractivity contribution is 7.25. The summed E-state index contributed by atoms with van der Waals surface area (Å²) in [5, 5.41) is 5.16. The van der Waals surface area contributed by atoms with Gasteiger partial charge in [0.05, 0.1) is 5.69 Å². The van der Waals surface area contributed by atoms with Crippen molar-refractivity contribution in [1.82, 2.24) is 0 Å². The summed E-state index contributed by atoms with van der Waals surface area (Å²) in [5.41, 5.74) is 14.9. The molecule has 0 aliphatic heterocycles. The number of benzene rings is 8.